The first-order chi connectivity index (χ1) is 6.18. The molecule has 1 N–H and O–H groups in total. The third-order valence-corrected chi connectivity index (χ3v) is 3.29. The van der Waals surface area contributed by atoms with Crippen LogP contribution in [0.15, 0.2) is 22.7 Å². The van der Waals surface area contributed by atoms with Crippen molar-refractivity contribution in [2.75, 3.05) is 0 Å². The number of hydrogen-bond acceptors (Lipinski definition) is 1. The van der Waals surface area contributed by atoms with Crippen molar-refractivity contribution in [2.24, 2.45) is 5.92 Å². The van der Waals surface area contributed by atoms with Crippen molar-refractivity contribution in [3.8, 4) is 0 Å². The van der Waals surface area contributed by atoms with Crippen LogP contribution in [0.5, 0.6) is 0 Å². The smallest absolute Gasteiger partial charge is 0.0392 e. The molecular weight excluding hydrogens is 226 g/mol. The summed E-state index contributed by atoms with van der Waals surface area (Å²) in [6.45, 7) is 2.21. The van der Waals surface area contributed by atoms with Crippen molar-refractivity contribution in [1.82, 2.24) is 0 Å². The van der Waals surface area contributed by atoms with E-state index in [1.165, 1.54) is 5.56 Å². The van der Waals surface area contributed by atoms with Crippen LogP contribution in [0.2, 0.25) is 0 Å². The highest BCUT2D eigenvalue weighted by atomic mass is 79.9. The molecule has 1 unspecified atom stereocenters. The Morgan fingerprint density at radius 1 is 1.38 bits per heavy atom. The van der Waals surface area contributed by atoms with Crippen LogP contribution in [0.4, 0.5) is 0 Å². The predicted octanol–water partition coefficient (Wildman–Crippen LogP) is 3.40. The molecule has 0 spiro atoms. The first-order valence-corrected chi connectivity index (χ1v) is 5.33. The van der Waals surface area contributed by atoms with E-state index < -0.39 is 0 Å². The summed E-state index contributed by atoms with van der Waals surface area (Å²) in [6.07, 6.45) is 2.02. The molecule has 0 bridgehead atoms. The maximum absolute atomic E-state index is 7.88. The second-order valence-corrected chi connectivity index (χ2v) is 4.61. The number of benzene rings is 1. The fraction of sp³-hybridized carbons (Fsp3) is 0.364. The molecule has 0 heterocycles. The van der Waals surface area contributed by atoms with Gasteiger partial charge in [-0.1, -0.05) is 35.0 Å². The Bertz CT molecular complexity index is 357. The number of hydrogen-bond donors (Lipinski definition) is 1. The van der Waals surface area contributed by atoms with E-state index in [0.717, 1.165) is 28.6 Å². The van der Waals surface area contributed by atoms with Gasteiger partial charge in [-0.2, -0.15) is 0 Å². The third kappa shape index (κ3) is 1.55. The first kappa shape index (κ1) is 8.95. The molecule has 0 aliphatic heterocycles. The van der Waals surface area contributed by atoms with E-state index >= 15 is 0 Å². The number of halogens is 1. The Kier molecular flexibility index (Phi) is 2.24. The van der Waals surface area contributed by atoms with Crippen LogP contribution < -0.4 is 0 Å². The maximum atomic E-state index is 7.88. The number of nitrogens with one attached hydrogen (secondary N) is 1. The molecule has 0 radical (unpaired) electrons. The molecule has 2 heteroatoms. The lowest BCUT2D eigenvalue weighted by molar-refractivity contribution is 0.589. The summed E-state index contributed by atoms with van der Waals surface area (Å²) >= 11 is 3.54. The van der Waals surface area contributed by atoms with Gasteiger partial charge in [-0.25, -0.2) is 0 Å². The minimum atomic E-state index is 0.610. The molecule has 68 valence electrons. The Morgan fingerprint density at radius 2 is 2.15 bits per heavy atom. The topological polar surface area (TPSA) is 23.9 Å². The van der Waals surface area contributed by atoms with Crippen molar-refractivity contribution in [3.63, 3.8) is 0 Å². The van der Waals surface area contributed by atoms with E-state index in [4.69, 9.17) is 5.41 Å². The molecule has 1 nitrogen and oxygen atoms in total. The zero-order chi connectivity index (χ0) is 9.42. The Labute approximate surface area is 86.8 Å². The van der Waals surface area contributed by atoms with Gasteiger partial charge < -0.3 is 5.41 Å². The fourth-order valence-corrected chi connectivity index (χ4v) is 2.46. The van der Waals surface area contributed by atoms with Gasteiger partial charge >= 0.3 is 0 Å². The predicted molar refractivity (Wildman–Crippen MR) is 58.5 cm³/mol. The standard InChI is InChI=1S/C11H12BrN/c1-7-5-9-8(11(13)6-7)3-2-4-10(9)12/h2-4,7,13H,5-6H2,1H3. The van der Waals surface area contributed by atoms with Gasteiger partial charge in [0.05, 0.1) is 0 Å². The van der Waals surface area contributed by atoms with Crippen LogP contribution in [-0.2, 0) is 6.42 Å². The van der Waals surface area contributed by atoms with E-state index in [0.29, 0.717) is 5.92 Å². The highest BCUT2D eigenvalue weighted by Crippen LogP contribution is 2.30. The lowest BCUT2D eigenvalue weighted by Crippen LogP contribution is -2.18. The SMILES string of the molecule is CC1CC(=N)c2cccc(Br)c2C1. The zero-order valence-electron chi connectivity index (χ0n) is 7.60. The van der Waals surface area contributed by atoms with Gasteiger partial charge in [-0.15, -0.1) is 0 Å². The summed E-state index contributed by atoms with van der Waals surface area (Å²) in [4.78, 5) is 0. The third-order valence-electron chi connectivity index (χ3n) is 2.55. The molecule has 0 saturated carbocycles. The minimum Gasteiger partial charge on any atom is -0.305 e. The molecule has 1 aromatic rings. The van der Waals surface area contributed by atoms with Crippen LogP contribution in [0.1, 0.15) is 24.5 Å². The van der Waals surface area contributed by atoms with Crippen LogP contribution in [0.3, 0.4) is 0 Å². The van der Waals surface area contributed by atoms with Crippen molar-refractivity contribution >= 4 is 21.6 Å². The molecule has 13 heavy (non-hydrogen) atoms. The van der Waals surface area contributed by atoms with E-state index in [1.807, 2.05) is 12.1 Å². The average Bonchev–Trinajstić information content (AvgIpc) is 2.07. The number of fused-ring (bicyclic) bond motifs is 1. The van der Waals surface area contributed by atoms with Gasteiger partial charge in [0, 0.05) is 10.2 Å². The van der Waals surface area contributed by atoms with Crippen LogP contribution in [-0.4, -0.2) is 5.71 Å². The highest BCUT2D eigenvalue weighted by molar-refractivity contribution is 9.10. The molecule has 1 aromatic carbocycles. The van der Waals surface area contributed by atoms with Gasteiger partial charge in [0.2, 0.25) is 0 Å². The van der Waals surface area contributed by atoms with E-state index in [2.05, 4.69) is 28.9 Å². The van der Waals surface area contributed by atoms with Gasteiger partial charge in [0.25, 0.3) is 0 Å². The Balaban J connectivity index is 2.55. The van der Waals surface area contributed by atoms with E-state index in [9.17, 15) is 0 Å². The molecule has 0 aromatic heterocycles. The van der Waals surface area contributed by atoms with E-state index in [1.54, 1.807) is 0 Å². The van der Waals surface area contributed by atoms with E-state index in [-0.39, 0.29) is 0 Å². The van der Waals surface area contributed by atoms with Gasteiger partial charge in [-0.05, 0) is 36.0 Å². The number of rotatable bonds is 0. The van der Waals surface area contributed by atoms with Crippen molar-refractivity contribution in [1.29, 1.82) is 5.41 Å². The summed E-state index contributed by atoms with van der Waals surface area (Å²) in [5.41, 5.74) is 3.23. The molecule has 1 atom stereocenters. The zero-order valence-corrected chi connectivity index (χ0v) is 9.19. The Morgan fingerprint density at radius 3 is 2.92 bits per heavy atom. The van der Waals surface area contributed by atoms with Crippen molar-refractivity contribution in [2.45, 2.75) is 19.8 Å². The van der Waals surface area contributed by atoms with Crippen LogP contribution in [0, 0.1) is 11.3 Å². The van der Waals surface area contributed by atoms with Gasteiger partial charge in [0.15, 0.2) is 0 Å². The van der Waals surface area contributed by atoms with Crippen molar-refractivity contribution in [3.05, 3.63) is 33.8 Å². The first-order valence-electron chi connectivity index (χ1n) is 4.53. The monoisotopic (exact) mass is 237 g/mol. The summed E-state index contributed by atoms with van der Waals surface area (Å²) in [7, 11) is 0. The largest absolute Gasteiger partial charge is 0.305 e. The summed E-state index contributed by atoms with van der Waals surface area (Å²) < 4.78 is 1.15. The average molecular weight is 238 g/mol. The second-order valence-electron chi connectivity index (χ2n) is 3.76. The lowest BCUT2D eigenvalue weighted by Gasteiger charge is -2.23. The molecule has 2 rings (SSSR count). The molecule has 1 aliphatic carbocycles. The van der Waals surface area contributed by atoms with Crippen molar-refractivity contribution < 1.29 is 0 Å². The quantitative estimate of drug-likeness (QED) is 0.716. The van der Waals surface area contributed by atoms with Gasteiger partial charge in [-0.3, -0.25) is 0 Å². The summed E-state index contributed by atoms with van der Waals surface area (Å²) in [6, 6.07) is 6.12. The summed E-state index contributed by atoms with van der Waals surface area (Å²) in [5.74, 6) is 0.610. The van der Waals surface area contributed by atoms with Gasteiger partial charge in [0.1, 0.15) is 0 Å². The maximum Gasteiger partial charge on any atom is 0.0392 e. The molecule has 0 fully saturated rings. The normalized spacial score (nSPS) is 21.4. The molecule has 0 amide bonds. The molecular formula is C11H12BrN. The van der Waals surface area contributed by atoms with Crippen LogP contribution >= 0.6 is 15.9 Å². The summed E-state index contributed by atoms with van der Waals surface area (Å²) in [5, 5.41) is 7.88. The second kappa shape index (κ2) is 3.26. The molecule has 0 saturated heterocycles. The molecule has 1 aliphatic rings. The lowest BCUT2D eigenvalue weighted by atomic mass is 9.84. The van der Waals surface area contributed by atoms with Crippen LogP contribution in [0.25, 0.3) is 0 Å². The fourth-order valence-electron chi connectivity index (χ4n) is 1.93. The minimum absolute atomic E-state index is 0.610. The Hall–Kier alpha value is -0.630. The highest BCUT2D eigenvalue weighted by Gasteiger charge is 2.20.